The van der Waals surface area contributed by atoms with Crippen molar-refractivity contribution in [1.29, 1.82) is 0 Å². The molecule has 1 heterocycles. The monoisotopic (exact) mass is 404 g/mol. The van der Waals surface area contributed by atoms with Gasteiger partial charge >= 0.3 is 12.6 Å². The van der Waals surface area contributed by atoms with E-state index in [1.807, 2.05) is 0 Å². The topological polar surface area (TPSA) is 112 Å². The molecule has 1 N–H and O–H groups in total. The first kappa shape index (κ1) is 19.9. The van der Waals surface area contributed by atoms with Crippen LogP contribution in [-0.2, 0) is 16.3 Å². The Hall–Kier alpha value is -3.89. The molecule has 2 aromatic carbocycles. The van der Waals surface area contributed by atoms with E-state index in [1.165, 1.54) is 24.3 Å². The summed E-state index contributed by atoms with van der Waals surface area (Å²) in [7, 11) is 0. The molecule has 0 radical (unpaired) electrons. The molecule has 29 heavy (non-hydrogen) atoms. The number of aromatic nitrogens is 3. The van der Waals surface area contributed by atoms with Gasteiger partial charge in [-0.25, -0.2) is 0 Å². The number of carbonyl (C=O) groups is 2. The highest BCUT2D eigenvalue weighted by Gasteiger charge is 2.16. The third-order valence-corrected chi connectivity index (χ3v) is 3.72. The molecule has 1 amide bonds. The number of fused-ring (bicyclic) bond motifs is 1. The standard InChI is InChI=1S/C18H14F2N4O5/c19-18(20)29-14-8-4-2-6-12(14)16(26)21-9-15(25)28-10-24-17(27)11-5-1-3-7-13(11)22-23-24/h1-8,18H,9-10H2,(H,21,26). The van der Waals surface area contributed by atoms with Crippen LogP contribution in [0.4, 0.5) is 8.78 Å². The fraction of sp³-hybridized carbons (Fsp3) is 0.167. The molecule has 0 aliphatic rings. The van der Waals surface area contributed by atoms with E-state index in [1.54, 1.807) is 24.3 Å². The van der Waals surface area contributed by atoms with E-state index in [9.17, 15) is 23.2 Å². The minimum Gasteiger partial charge on any atom is -0.441 e. The Balaban J connectivity index is 1.58. The van der Waals surface area contributed by atoms with E-state index in [4.69, 9.17) is 4.74 Å². The van der Waals surface area contributed by atoms with Crippen LogP contribution in [0.2, 0.25) is 0 Å². The number of benzene rings is 2. The Morgan fingerprint density at radius 2 is 1.83 bits per heavy atom. The van der Waals surface area contributed by atoms with Crippen molar-refractivity contribution >= 4 is 22.8 Å². The zero-order valence-electron chi connectivity index (χ0n) is 14.7. The van der Waals surface area contributed by atoms with Crippen LogP contribution in [0.25, 0.3) is 10.9 Å². The number of hydrogen-bond acceptors (Lipinski definition) is 7. The molecule has 150 valence electrons. The van der Waals surface area contributed by atoms with Gasteiger partial charge in [-0.15, -0.1) is 5.10 Å². The summed E-state index contributed by atoms with van der Waals surface area (Å²) in [6, 6.07) is 11.9. The normalized spacial score (nSPS) is 10.7. The maximum absolute atomic E-state index is 12.4. The van der Waals surface area contributed by atoms with E-state index < -0.39 is 37.3 Å². The third-order valence-electron chi connectivity index (χ3n) is 3.72. The Kier molecular flexibility index (Phi) is 6.07. The van der Waals surface area contributed by atoms with Crippen LogP contribution in [0.5, 0.6) is 5.75 Å². The lowest BCUT2D eigenvalue weighted by Gasteiger charge is -2.11. The van der Waals surface area contributed by atoms with Crippen molar-refractivity contribution in [1.82, 2.24) is 20.3 Å². The van der Waals surface area contributed by atoms with Crippen LogP contribution in [0.3, 0.4) is 0 Å². The second-order valence-electron chi connectivity index (χ2n) is 5.61. The summed E-state index contributed by atoms with van der Waals surface area (Å²) < 4.78 is 34.8. The van der Waals surface area contributed by atoms with Gasteiger partial charge in [-0.1, -0.05) is 29.5 Å². The van der Waals surface area contributed by atoms with Gasteiger partial charge in [0.1, 0.15) is 17.8 Å². The van der Waals surface area contributed by atoms with Crippen molar-refractivity contribution < 1.29 is 27.8 Å². The SMILES string of the molecule is O=C(CNC(=O)c1ccccc1OC(F)F)OCn1nnc2ccccc2c1=O. The first-order valence-corrected chi connectivity index (χ1v) is 8.26. The zero-order chi connectivity index (χ0) is 20.8. The van der Waals surface area contributed by atoms with Gasteiger partial charge < -0.3 is 14.8 Å². The maximum Gasteiger partial charge on any atom is 0.387 e. The number of alkyl halides is 2. The summed E-state index contributed by atoms with van der Waals surface area (Å²) in [5, 5.41) is 10.0. The van der Waals surface area contributed by atoms with E-state index in [2.05, 4.69) is 20.4 Å². The summed E-state index contributed by atoms with van der Waals surface area (Å²) in [6.07, 6.45) is 0. The van der Waals surface area contributed by atoms with Gasteiger partial charge in [0.05, 0.1) is 10.9 Å². The van der Waals surface area contributed by atoms with Crippen molar-refractivity contribution in [3.8, 4) is 5.75 Å². The molecule has 3 rings (SSSR count). The fourth-order valence-electron chi connectivity index (χ4n) is 2.39. The third kappa shape index (κ3) is 4.89. The molecule has 0 unspecified atom stereocenters. The van der Waals surface area contributed by atoms with E-state index in [-0.39, 0.29) is 11.3 Å². The predicted molar refractivity (Wildman–Crippen MR) is 95.3 cm³/mol. The lowest BCUT2D eigenvalue weighted by atomic mass is 10.2. The van der Waals surface area contributed by atoms with Gasteiger partial charge in [-0.3, -0.25) is 14.4 Å². The van der Waals surface area contributed by atoms with Crippen LogP contribution in [0.15, 0.2) is 53.3 Å². The summed E-state index contributed by atoms with van der Waals surface area (Å²) in [6.45, 7) is -4.16. The maximum atomic E-state index is 12.4. The van der Waals surface area contributed by atoms with Crippen LogP contribution < -0.4 is 15.6 Å². The number of esters is 1. The lowest BCUT2D eigenvalue weighted by Crippen LogP contribution is -2.33. The summed E-state index contributed by atoms with van der Waals surface area (Å²) >= 11 is 0. The molecule has 0 fully saturated rings. The van der Waals surface area contributed by atoms with Gasteiger partial charge in [0.2, 0.25) is 0 Å². The number of carbonyl (C=O) groups excluding carboxylic acids is 2. The van der Waals surface area contributed by atoms with Gasteiger partial charge in [0.15, 0.2) is 6.73 Å². The van der Waals surface area contributed by atoms with Crippen molar-refractivity contribution in [2.45, 2.75) is 13.3 Å². The molecule has 0 spiro atoms. The summed E-state index contributed by atoms with van der Waals surface area (Å²) in [4.78, 5) is 36.2. The Morgan fingerprint density at radius 1 is 1.10 bits per heavy atom. The number of amides is 1. The molecule has 0 aliphatic carbocycles. The van der Waals surface area contributed by atoms with E-state index >= 15 is 0 Å². The number of halogens is 2. The minimum absolute atomic E-state index is 0.169. The highest BCUT2D eigenvalue weighted by Crippen LogP contribution is 2.19. The Morgan fingerprint density at radius 3 is 2.62 bits per heavy atom. The quantitative estimate of drug-likeness (QED) is 0.591. The molecule has 0 bridgehead atoms. The van der Waals surface area contributed by atoms with Crippen molar-refractivity contribution in [2.24, 2.45) is 0 Å². The molecule has 9 nitrogen and oxygen atoms in total. The first-order chi connectivity index (χ1) is 14.0. The molecule has 0 saturated heterocycles. The molecule has 0 aliphatic heterocycles. The molecular formula is C18H14F2N4O5. The van der Waals surface area contributed by atoms with Gasteiger partial charge in [0, 0.05) is 0 Å². The smallest absolute Gasteiger partial charge is 0.387 e. The second-order valence-corrected chi connectivity index (χ2v) is 5.61. The van der Waals surface area contributed by atoms with Gasteiger partial charge in [0.25, 0.3) is 11.5 Å². The summed E-state index contributed by atoms with van der Waals surface area (Å²) in [5.74, 6) is -2.00. The van der Waals surface area contributed by atoms with Gasteiger partial charge in [-0.2, -0.15) is 13.5 Å². The molecular weight excluding hydrogens is 390 g/mol. The molecule has 11 heteroatoms. The van der Waals surface area contributed by atoms with Crippen LogP contribution in [0.1, 0.15) is 10.4 Å². The second kappa shape index (κ2) is 8.87. The average molecular weight is 404 g/mol. The molecule has 0 saturated carbocycles. The Bertz CT molecular complexity index is 1100. The van der Waals surface area contributed by atoms with Crippen LogP contribution in [0, 0.1) is 0 Å². The van der Waals surface area contributed by atoms with E-state index in [0.717, 1.165) is 4.68 Å². The zero-order valence-corrected chi connectivity index (χ0v) is 14.7. The molecule has 1 aromatic heterocycles. The van der Waals surface area contributed by atoms with Crippen molar-refractivity contribution in [3.05, 3.63) is 64.4 Å². The van der Waals surface area contributed by atoms with Crippen LogP contribution in [-0.4, -0.2) is 40.0 Å². The fourth-order valence-corrected chi connectivity index (χ4v) is 2.39. The molecule has 0 atom stereocenters. The highest BCUT2D eigenvalue weighted by atomic mass is 19.3. The average Bonchev–Trinajstić information content (AvgIpc) is 2.71. The number of ether oxygens (including phenoxy) is 2. The predicted octanol–water partition coefficient (Wildman–Crippen LogP) is 1.32. The summed E-state index contributed by atoms with van der Waals surface area (Å²) in [5.41, 5.74) is -0.264. The lowest BCUT2D eigenvalue weighted by molar-refractivity contribution is -0.146. The van der Waals surface area contributed by atoms with Crippen molar-refractivity contribution in [2.75, 3.05) is 6.54 Å². The van der Waals surface area contributed by atoms with Crippen LogP contribution >= 0.6 is 0 Å². The van der Waals surface area contributed by atoms with Gasteiger partial charge in [-0.05, 0) is 24.3 Å². The van der Waals surface area contributed by atoms with Crippen molar-refractivity contribution in [3.63, 3.8) is 0 Å². The highest BCUT2D eigenvalue weighted by molar-refractivity contribution is 5.98. The number of para-hydroxylation sites is 1. The minimum atomic E-state index is -3.10. The molecule has 3 aromatic rings. The number of rotatable bonds is 7. The number of nitrogens with zero attached hydrogens (tertiary/aromatic N) is 3. The number of hydrogen-bond donors (Lipinski definition) is 1. The number of nitrogens with one attached hydrogen (secondary N) is 1. The largest absolute Gasteiger partial charge is 0.441 e. The van der Waals surface area contributed by atoms with E-state index in [0.29, 0.717) is 10.9 Å². The Labute approximate surface area is 161 Å². The first-order valence-electron chi connectivity index (χ1n) is 8.26.